The highest BCUT2D eigenvalue weighted by atomic mass is 79.9. The molecule has 198 valence electrons. The molecule has 0 aliphatic carbocycles. The normalized spacial score (nSPS) is 10.9. The molecule has 1 heterocycles. The second kappa shape index (κ2) is 13.5. The third kappa shape index (κ3) is 7.62. The van der Waals surface area contributed by atoms with Crippen LogP contribution in [0.2, 0.25) is 0 Å². The van der Waals surface area contributed by atoms with Crippen molar-refractivity contribution < 1.29 is 14.5 Å². The van der Waals surface area contributed by atoms with E-state index in [1.165, 1.54) is 30.1 Å². The van der Waals surface area contributed by atoms with Crippen LogP contribution in [0.15, 0.2) is 100 Å². The molecule has 1 amide bonds. The van der Waals surface area contributed by atoms with Crippen molar-refractivity contribution in [3.8, 4) is 17.1 Å². The molecule has 3 aromatic carbocycles. The van der Waals surface area contributed by atoms with Crippen LogP contribution in [0, 0.1) is 10.1 Å². The molecule has 4 rings (SSSR count). The number of nitro groups is 1. The van der Waals surface area contributed by atoms with E-state index in [4.69, 9.17) is 4.74 Å². The molecule has 0 radical (unpaired) electrons. The number of nitro benzene ring substituents is 1. The number of hydrogen-bond acceptors (Lipinski definition) is 8. The van der Waals surface area contributed by atoms with E-state index in [9.17, 15) is 14.9 Å². The number of thioether (sulfide) groups is 1. The standard InChI is InChI=1S/C27H23BrN6O4S/c1-2-13-33-26(20-9-6-11-23(15-20)34(36)37)31-32-27(33)39-18-25(35)30-29-16-21-8-3-4-12-24(21)38-17-19-7-5-10-22(28)14-19/h2-12,14-16H,1,13,17-18H2,(H,30,35)/b29-16-. The lowest BCUT2D eigenvalue weighted by Crippen LogP contribution is -2.20. The molecule has 1 N–H and O–H groups in total. The van der Waals surface area contributed by atoms with Crippen LogP contribution in [0.5, 0.6) is 5.75 Å². The van der Waals surface area contributed by atoms with Crippen molar-refractivity contribution in [1.82, 2.24) is 20.2 Å². The van der Waals surface area contributed by atoms with Crippen LogP contribution in [0.3, 0.4) is 0 Å². The highest BCUT2D eigenvalue weighted by Gasteiger charge is 2.17. The Bertz CT molecular complexity index is 1520. The maximum absolute atomic E-state index is 12.5. The molecule has 12 heteroatoms. The molecular formula is C27H23BrN6O4S. The number of carbonyl (C=O) groups excluding carboxylic acids is 1. The summed E-state index contributed by atoms with van der Waals surface area (Å²) in [5.41, 5.74) is 4.74. The Balaban J connectivity index is 1.36. The Morgan fingerprint density at radius 1 is 1.15 bits per heavy atom. The van der Waals surface area contributed by atoms with Crippen molar-refractivity contribution in [3.63, 3.8) is 0 Å². The number of para-hydroxylation sites is 1. The molecule has 0 fully saturated rings. The van der Waals surface area contributed by atoms with Gasteiger partial charge in [0.25, 0.3) is 11.6 Å². The average molecular weight is 607 g/mol. The molecule has 0 spiro atoms. The van der Waals surface area contributed by atoms with Crippen LogP contribution in [0.4, 0.5) is 5.69 Å². The average Bonchev–Trinajstić information content (AvgIpc) is 3.34. The van der Waals surface area contributed by atoms with Gasteiger partial charge in [0, 0.05) is 34.3 Å². The second-order valence-corrected chi connectivity index (χ2v) is 9.91. The van der Waals surface area contributed by atoms with E-state index in [-0.39, 0.29) is 17.3 Å². The van der Waals surface area contributed by atoms with Crippen LogP contribution in [0.25, 0.3) is 11.4 Å². The predicted octanol–water partition coefficient (Wildman–Crippen LogP) is 5.62. The number of rotatable bonds is 12. The third-order valence-corrected chi connectivity index (χ3v) is 6.73. The number of benzene rings is 3. The number of non-ortho nitro benzene ring substituents is 1. The zero-order chi connectivity index (χ0) is 27.6. The number of nitrogens with one attached hydrogen (secondary N) is 1. The summed E-state index contributed by atoms with van der Waals surface area (Å²) in [4.78, 5) is 23.2. The number of hydrazone groups is 1. The van der Waals surface area contributed by atoms with Crippen molar-refractivity contribution in [2.45, 2.75) is 18.3 Å². The molecule has 0 bridgehead atoms. The van der Waals surface area contributed by atoms with E-state index in [1.54, 1.807) is 22.8 Å². The fraction of sp³-hybridized carbons (Fsp3) is 0.111. The van der Waals surface area contributed by atoms with Crippen molar-refractivity contribution in [3.05, 3.63) is 111 Å². The smallest absolute Gasteiger partial charge is 0.270 e. The van der Waals surface area contributed by atoms with Crippen LogP contribution < -0.4 is 10.2 Å². The van der Waals surface area contributed by atoms with Gasteiger partial charge in [0.05, 0.1) is 16.9 Å². The Kier molecular flexibility index (Phi) is 9.59. The molecule has 10 nitrogen and oxygen atoms in total. The first kappa shape index (κ1) is 27.7. The maximum Gasteiger partial charge on any atom is 0.270 e. The molecule has 1 aromatic heterocycles. The van der Waals surface area contributed by atoms with Gasteiger partial charge in [0.1, 0.15) is 12.4 Å². The SMILES string of the molecule is C=CCn1c(SCC(=O)N/N=C\c2ccccc2OCc2cccc(Br)c2)nnc1-c1cccc([N+](=O)[O-])c1. The Labute approximate surface area is 237 Å². The quantitative estimate of drug-likeness (QED) is 0.0729. The van der Waals surface area contributed by atoms with Gasteiger partial charge in [-0.15, -0.1) is 16.8 Å². The zero-order valence-electron chi connectivity index (χ0n) is 20.6. The van der Waals surface area contributed by atoms with E-state index < -0.39 is 4.92 Å². The molecular weight excluding hydrogens is 584 g/mol. The molecule has 0 unspecified atom stereocenters. The van der Waals surface area contributed by atoms with Crippen molar-refractivity contribution in [2.75, 3.05) is 5.75 Å². The molecule has 4 aromatic rings. The van der Waals surface area contributed by atoms with Gasteiger partial charge in [-0.05, 0) is 29.8 Å². The molecule has 0 aliphatic heterocycles. The largest absolute Gasteiger partial charge is 0.488 e. The first-order valence-corrected chi connectivity index (χ1v) is 13.4. The maximum atomic E-state index is 12.5. The summed E-state index contributed by atoms with van der Waals surface area (Å²) in [5, 5.41) is 24.1. The van der Waals surface area contributed by atoms with E-state index in [1.807, 2.05) is 48.5 Å². The summed E-state index contributed by atoms with van der Waals surface area (Å²) < 4.78 is 8.66. The van der Waals surface area contributed by atoms with E-state index in [2.05, 4.69) is 43.2 Å². The summed E-state index contributed by atoms with van der Waals surface area (Å²) in [5.74, 6) is 0.770. The van der Waals surface area contributed by atoms with Gasteiger partial charge in [-0.1, -0.05) is 70.2 Å². The fourth-order valence-electron chi connectivity index (χ4n) is 3.50. The van der Waals surface area contributed by atoms with Crippen LogP contribution >= 0.6 is 27.7 Å². The first-order valence-electron chi connectivity index (χ1n) is 11.6. The van der Waals surface area contributed by atoms with E-state index >= 15 is 0 Å². The monoisotopic (exact) mass is 606 g/mol. The van der Waals surface area contributed by atoms with Crippen LogP contribution in [0.1, 0.15) is 11.1 Å². The summed E-state index contributed by atoms with van der Waals surface area (Å²) in [6, 6.07) is 21.4. The van der Waals surface area contributed by atoms with Crippen molar-refractivity contribution >= 4 is 45.5 Å². The number of carbonyl (C=O) groups is 1. The minimum Gasteiger partial charge on any atom is -0.488 e. The van der Waals surface area contributed by atoms with Crippen LogP contribution in [-0.4, -0.2) is 37.6 Å². The van der Waals surface area contributed by atoms with Crippen LogP contribution in [-0.2, 0) is 17.9 Å². The predicted molar refractivity (Wildman–Crippen MR) is 154 cm³/mol. The minimum atomic E-state index is -0.467. The van der Waals surface area contributed by atoms with E-state index in [0.717, 1.165) is 10.0 Å². The Hall–Kier alpha value is -4.29. The van der Waals surface area contributed by atoms with Gasteiger partial charge in [-0.2, -0.15) is 5.10 Å². The number of nitrogens with zero attached hydrogens (tertiary/aromatic N) is 5. The Morgan fingerprint density at radius 3 is 2.77 bits per heavy atom. The number of ether oxygens (including phenoxy) is 1. The van der Waals surface area contributed by atoms with Gasteiger partial charge in [-0.3, -0.25) is 19.5 Å². The number of amides is 1. The van der Waals surface area contributed by atoms with Gasteiger partial charge >= 0.3 is 0 Å². The highest BCUT2D eigenvalue weighted by Crippen LogP contribution is 2.26. The lowest BCUT2D eigenvalue weighted by molar-refractivity contribution is -0.384. The zero-order valence-corrected chi connectivity index (χ0v) is 23.0. The molecule has 0 saturated carbocycles. The van der Waals surface area contributed by atoms with Crippen molar-refractivity contribution in [1.29, 1.82) is 0 Å². The molecule has 0 atom stereocenters. The lowest BCUT2D eigenvalue weighted by Gasteiger charge is -2.09. The van der Waals surface area contributed by atoms with Gasteiger partial charge in [0.15, 0.2) is 11.0 Å². The highest BCUT2D eigenvalue weighted by molar-refractivity contribution is 9.10. The molecule has 0 aliphatic rings. The summed E-state index contributed by atoms with van der Waals surface area (Å²) in [6.07, 6.45) is 3.19. The number of hydrogen-bond donors (Lipinski definition) is 1. The van der Waals surface area contributed by atoms with E-state index in [0.29, 0.717) is 41.0 Å². The Morgan fingerprint density at radius 2 is 1.97 bits per heavy atom. The summed E-state index contributed by atoms with van der Waals surface area (Å²) in [7, 11) is 0. The molecule has 0 saturated heterocycles. The fourth-order valence-corrected chi connectivity index (χ4v) is 4.69. The number of halogens is 1. The minimum absolute atomic E-state index is 0.0303. The summed E-state index contributed by atoms with van der Waals surface area (Å²) in [6.45, 7) is 4.51. The summed E-state index contributed by atoms with van der Waals surface area (Å²) >= 11 is 4.63. The van der Waals surface area contributed by atoms with Crippen molar-refractivity contribution in [2.24, 2.45) is 5.10 Å². The molecule has 39 heavy (non-hydrogen) atoms. The number of aromatic nitrogens is 3. The lowest BCUT2D eigenvalue weighted by atomic mass is 10.2. The first-order chi connectivity index (χ1) is 18.9. The second-order valence-electron chi connectivity index (χ2n) is 8.05. The third-order valence-electron chi connectivity index (χ3n) is 5.27. The topological polar surface area (TPSA) is 125 Å². The van der Waals surface area contributed by atoms with Gasteiger partial charge < -0.3 is 4.74 Å². The van der Waals surface area contributed by atoms with Gasteiger partial charge in [-0.25, -0.2) is 5.43 Å². The number of allylic oxidation sites excluding steroid dienone is 1. The van der Waals surface area contributed by atoms with Gasteiger partial charge in [0.2, 0.25) is 0 Å².